The number of rotatable bonds is 5. The molecule has 168 valence electrons. The van der Waals surface area contributed by atoms with E-state index in [1.165, 1.54) is 33.3 Å². The number of nitrogens with one attached hydrogen (secondary N) is 1. The van der Waals surface area contributed by atoms with Gasteiger partial charge in [0.05, 0.1) is 16.3 Å². The molecule has 0 saturated carbocycles. The number of amides is 1. The van der Waals surface area contributed by atoms with Crippen LogP contribution in [0.4, 0.5) is 5.69 Å². The van der Waals surface area contributed by atoms with Crippen LogP contribution in [0.2, 0.25) is 0 Å². The van der Waals surface area contributed by atoms with Crippen LogP contribution in [0, 0.1) is 6.92 Å². The molecule has 0 unspecified atom stereocenters. The van der Waals surface area contributed by atoms with Crippen molar-refractivity contribution in [3.05, 3.63) is 76.2 Å². The van der Waals surface area contributed by atoms with E-state index in [4.69, 9.17) is 0 Å². The molecular formula is C23H26N4O4S. The van der Waals surface area contributed by atoms with Gasteiger partial charge in [-0.3, -0.25) is 14.3 Å². The molecule has 2 heterocycles. The van der Waals surface area contributed by atoms with E-state index in [2.05, 4.69) is 5.32 Å². The van der Waals surface area contributed by atoms with Gasteiger partial charge in [-0.15, -0.1) is 0 Å². The van der Waals surface area contributed by atoms with E-state index in [1.54, 1.807) is 18.7 Å². The fourth-order valence-electron chi connectivity index (χ4n) is 3.93. The Morgan fingerprint density at radius 2 is 1.56 bits per heavy atom. The number of aromatic nitrogens is 2. The van der Waals surface area contributed by atoms with Gasteiger partial charge in [0.15, 0.2) is 0 Å². The summed E-state index contributed by atoms with van der Waals surface area (Å²) in [7, 11) is -1.82. The Morgan fingerprint density at radius 1 is 0.938 bits per heavy atom. The molecule has 8 nitrogen and oxygen atoms in total. The Balaban J connectivity index is 1.57. The van der Waals surface area contributed by atoms with E-state index >= 15 is 0 Å². The van der Waals surface area contributed by atoms with Crippen molar-refractivity contribution >= 4 is 21.6 Å². The molecular weight excluding hydrogens is 428 g/mol. The fraction of sp³-hybridized carbons (Fsp3) is 0.304. The molecule has 1 aliphatic heterocycles. The Bertz CT molecular complexity index is 1290. The van der Waals surface area contributed by atoms with Gasteiger partial charge in [-0.05, 0) is 56.2 Å². The standard InChI is InChI=1S/C23H26N4O4S/c1-17-21(23(29)27(25(17)2)19-9-5-3-6-10-19)24-22(28)18-11-13-20(14-12-18)32(30,31)26-15-7-4-8-16-26/h3,5-6,9-14H,4,7-8,15-16H2,1-2H3,(H,24,28). The zero-order valence-electron chi connectivity index (χ0n) is 18.1. The van der Waals surface area contributed by atoms with Crippen LogP contribution in [0.25, 0.3) is 5.69 Å². The third-order valence-corrected chi connectivity index (χ3v) is 7.77. The van der Waals surface area contributed by atoms with Gasteiger partial charge in [0.2, 0.25) is 10.0 Å². The molecule has 1 aliphatic rings. The second kappa shape index (κ2) is 8.76. The van der Waals surface area contributed by atoms with Crippen LogP contribution in [0.5, 0.6) is 0 Å². The number of para-hydroxylation sites is 1. The zero-order chi connectivity index (χ0) is 22.9. The molecule has 3 aromatic rings. The average molecular weight is 455 g/mol. The molecule has 1 fully saturated rings. The summed E-state index contributed by atoms with van der Waals surface area (Å²) in [5, 5.41) is 2.69. The second-order valence-corrected chi connectivity index (χ2v) is 9.82. The quantitative estimate of drug-likeness (QED) is 0.642. The predicted octanol–water partition coefficient (Wildman–Crippen LogP) is 2.91. The monoisotopic (exact) mass is 454 g/mol. The number of anilines is 1. The van der Waals surface area contributed by atoms with Gasteiger partial charge >= 0.3 is 0 Å². The lowest BCUT2D eigenvalue weighted by molar-refractivity contribution is 0.102. The maximum Gasteiger partial charge on any atom is 0.295 e. The van der Waals surface area contributed by atoms with Gasteiger partial charge < -0.3 is 5.32 Å². The Labute approximate surface area is 187 Å². The highest BCUT2D eigenvalue weighted by atomic mass is 32.2. The molecule has 9 heteroatoms. The molecule has 0 aliphatic carbocycles. The largest absolute Gasteiger partial charge is 0.316 e. The van der Waals surface area contributed by atoms with Gasteiger partial charge in [-0.25, -0.2) is 13.1 Å². The van der Waals surface area contributed by atoms with E-state index in [9.17, 15) is 18.0 Å². The van der Waals surface area contributed by atoms with Crippen molar-refractivity contribution in [2.75, 3.05) is 18.4 Å². The van der Waals surface area contributed by atoms with Crippen LogP contribution in [0.1, 0.15) is 35.3 Å². The van der Waals surface area contributed by atoms with Gasteiger partial charge in [0.25, 0.3) is 11.5 Å². The lowest BCUT2D eigenvalue weighted by Crippen LogP contribution is -2.35. The van der Waals surface area contributed by atoms with Crippen molar-refractivity contribution in [1.82, 2.24) is 13.7 Å². The first-order chi connectivity index (χ1) is 15.3. The van der Waals surface area contributed by atoms with Crippen LogP contribution < -0.4 is 10.9 Å². The SMILES string of the molecule is Cc1c(NC(=O)c2ccc(S(=O)(=O)N3CCCCC3)cc2)c(=O)n(-c2ccccc2)n1C. The minimum atomic E-state index is -3.56. The number of piperidine rings is 1. The normalized spacial score (nSPS) is 14.9. The topological polar surface area (TPSA) is 93.4 Å². The van der Waals surface area contributed by atoms with Gasteiger partial charge in [-0.2, -0.15) is 4.31 Å². The zero-order valence-corrected chi connectivity index (χ0v) is 18.9. The van der Waals surface area contributed by atoms with E-state index in [0.29, 0.717) is 24.5 Å². The molecule has 1 amide bonds. The first kappa shape index (κ1) is 22.0. The molecule has 4 rings (SSSR count). The van der Waals surface area contributed by atoms with E-state index < -0.39 is 15.9 Å². The van der Waals surface area contributed by atoms with Gasteiger partial charge in [0.1, 0.15) is 5.69 Å². The summed E-state index contributed by atoms with van der Waals surface area (Å²) in [6.45, 7) is 2.79. The van der Waals surface area contributed by atoms with Crippen molar-refractivity contribution in [3.8, 4) is 5.69 Å². The summed E-state index contributed by atoms with van der Waals surface area (Å²) >= 11 is 0. The van der Waals surface area contributed by atoms with Crippen LogP contribution in [-0.2, 0) is 17.1 Å². The van der Waals surface area contributed by atoms with Gasteiger partial charge in [-0.1, -0.05) is 24.6 Å². The third-order valence-electron chi connectivity index (χ3n) is 5.86. The molecule has 0 spiro atoms. The van der Waals surface area contributed by atoms with E-state index in [1.807, 2.05) is 30.3 Å². The van der Waals surface area contributed by atoms with Crippen molar-refractivity contribution in [1.29, 1.82) is 0 Å². The lowest BCUT2D eigenvalue weighted by Gasteiger charge is -2.25. The average Bonchev–Trinajstić information content (AvgIpc) is 3.03. The summed E-state index contributed by atoms with van der Waals surface area (Å²) in [5.74, 6) is -0.474. The van der Waals surface area contributed by atoms with Crippen LogP contribution in [0.3, 0.4) is 0 Å². The number of benzene rings is 2. The highest BCUT2D eigenvalue weighted by Gasteiger charge is 2.26. The molecule has 1 saturated heterocycles. The molecule has 32 heavy (non-hydrogen) atoms. The maximum absolute atomic E-state index is 13.0. The number of hydrogen-bond acceptors (Lipinski definition) is 4. The molecule has 0 atom stereocenters. The van der Waals surface area contributed by atoms with E-state index in [-0.39, 0.29) is 21.7 Å². The molecule has 1 N–H and O–H groups in total. The minimum absolute atomic E-state index is 0.165. The summed E-state index contributed by atoms with van der Waals surface area (Å²) in [6, 6.07) is 15.0. The van der Waals surface area contributed by atoms with Crippen molar-refractivity contribution in [3.63, 3.8) is 0 Å². The summed E-state index contributed by atoms with van der Waals surface area (Å²) in [6.07, 6.45) is 2.75. The smallest absolute Gasteiger partial charge is 0.295 e. The van der Waals surface area contributed by atoms with Crippen molar-refractivity contribution < 1.29 is 13.2 Å². The molecule has 0 radical (unpaired) electrons. The van der Waals surface area contributed by atoms with Crippen LogP contribution in [0.15, 0.2) is 64.3 Å². The minimum Gasteiger partial charge on any atom is -0.316 e. The summed E-state index contributed by atoms with van der Waals surface area (Å²) in [4.78, 5) is 26.0. The van der Waals surface area contributed by atoms with Crippen LogP contribution in [-0.4, -0.2) is 41.1 Å². The molecule has 1 aromatic heterocycles. The number of carbonyl (C=O) groups is 1. The molecule has 0 bridgehead atoms. The Hall–Kier alpha value is -3.17. The number of sulfonamides is 1. The van der Waals surface area contributed by atoms with Crippen molar-refractivity contribution in [2.24, 2.45) is 7.05 Å². The first-order valence-electron chi connectivity index (χ1n) is 10.6. The summed E-state index contributed by atoms with van der Waals surface area (Å²) < 4.78 is 30.3. The second-order valence-electron chi connectivity index (χ2n) is 7.88. The number of carbonyl (C=O) groups excluding carboxylic acids is 1. The fourth-order valence-corrected chi connectivity index (χ4v) is 5.45. The highest BCUT2D eigenvalue weighted by Crippen LogP contribution is 2.21. The third kappa shape index (κ3) is 4.01. The van der Waals surface area contributed by atoms with Crippen LogP contribution >= 0.6 is 0 Å². The highest BCUT2D eigenvalue weighted by molar-refractivity contribution is 7.89. The Kier molecular flexibility index (Phi) is 6.03. The van der Waals surface area contributed by atoms with Crippen molar-refractivity contribution in [2.45, 2.75) is 31.1 Å². The predicted molar refractivity (Wildman–Crippen MR) is 123 cm³/mol. The first-order valence-corrected chi connectivity index (χ1v) is 12.0. The summed E-state index contributed by atoms with van der Waals surface area (Å²) in [5.41, 5.74) is 1.42. The Morgan fingerprint density at radius 3 is 2.19 bits per heavy atom. The van der Waals surface area contributed by atoms with E-state index in [0.717, 1.165) is 19.3 Å². The number of hydrogen-bond donors (Lipinski definition) is 1. The molecule has 2 aromatic carbocycles. The number of nitrogens with zero attached hydrogens (tertiary/aromatic N) is 3. The maximum atomic E-state index is 13.0. The lowest BCUT2D eigenvalue weighted by atomic mass is 10.2. The van der Waals surface area contributed by atoms with Gasteiger partial charge in [0, 0.05) is 25.7 Å².